The number of ketones is 2. The van der Waals surface area contributed by atoms with Crippen LogP contribution in [0.3, 0.4) is 0 Å². The van der Waals surface area contributed by atoms with Crippen molar-refractivity contribution < 1.29 is 24.2 Å². The lowest BCUT2D eigenvalue weighted by atomic mass is 9.87. The van der Waals surface area contributed by atoms with E-state index in [1.54, 1.807) is 111 Å². The molecule has 0 fully saturated rings. The van der Waals surface area contributed by atoms with Gasteiger partial charge >= 0.3 is 0 Å². The molecule has 0 aliphatic heterocycles. The SMILES string of the molecule is COc1ccc(C(=O)c2ccc(C(O)(c3ccc(C#N)cc3)c3ccc(C(=O)c4ccc(OC)cc4)[nH]3)[nH]2)cc1. The van der Waals surface area contributed by atoms with E-state index in [-0.39, 0.29) is 23.0 Å². The van der Waals surface area contributed by atoms with Gasteiger partial charge in [0, 0.05) is 11.1 Å². The number of nitrogens with one attached hydrogen (secondary N) is 2. The van der Waals surface area contributed by atoms with Crippen LogP contribution in [0.1, 0.15) is 54.6 Å². The number of benzene rings is 3. The molecule has 8 heteroatoms. The molecule has 2 aromatic heterocycles. The molecule has 0 bridgehead atoms. The fourth-order valence-electron chi connectivity index (χ4n) is 4.52. The zero-order valence-electron chi connectivity index (χ0n) is 21.8. The molecule has 3 N–H and O–H groups in total. The van der Waals surface area contributed by atoms with E-state index in [1.807, 2.05) is 0 Å². The number of hydrogen-bond acceptors (Lipinski definition) is 6. The first-order valence-corrected chi connectivity index (χ1v) is 12.4. The maximum atomic E-state index is 13.2. The molecule has 0 saturated carbocycles. The Morgan fingerprint density at radius 3 is 1.48 bits per heavy atom. The van der Waals surface area contributed by atoms with Gasteiger partial charge in [-0.25, -0.2) is 0 Å². The van der Waals surface area contributed by atoms with Crippen molar-refractivity contribution in [2.75, 3.05) is 14.2 Å². The van der Waals surface area contributed by atoms with Crippen LogP contribution < -0.4 is 9.47 Å². The monoisotopic (exact) mass is 531 g/mol. The van der Waals surface area contributed by atoms with Crippen LogP contribution in [0.4, 0.5) is 0 Å². The van der Waals surface area contributed by atoms with Crippen LogP contribution in [0.25, 0.3) is 0 Å². The predicted molar refractivity (Wildman–Crippen MR) is 148 cm³/mol. The summed E-state index contributed by atoms with van der Waals surface area (Å²) in [5.41, 5.74) is 1.11. The number of ether oxygens (including phenoxy) is 2. The number of aromatic amines is 2. The number of carbonyl (C=O) groups is 2. The quantitative estimate of drug-likeness (QED) is 0.230. The third-order valence-corrected chi connectivity index (χ3v) is 6.78. The van der Waals surface area contributed by atoms with Crippen molar-refractivity contribution in [1.82, 2.24) is 9.97 Å². The van der Waals surface area contributed by atoms with E-state index >= 15 is 0 Å². The highest BCUT2D eigenvalue weighted by molar-refractivity contribution is 6.08. The predicted octanol–water partition coefficient (Wildman–Crippen LogP) is 4.98. The highest BCUT2D eigenvalue weighted by Crippen LogP contribution is 2.36. The van der Waals surface area contributed by atoms with Crippen molar-refractivity contribution in [3.05, 3.63) is 142 Å². The first kappa shape index (κ1) is 26.2. The third-order valence-electron chi connectivity index (χ3n) is 6.78. The number of hydrogen-bond donors (Lipinski definition) is 3. The minimum atomic E-state index is -1.80. The van der Waals surface area contributed by atoms with Gasteiger partial charge in [0.1, 0.15) is 11.5 Å². The summed E-state index contributed by atoms with van der Waals surface area (Å²) in [5.74, 6) is 0.729. The lowest BCUT2D eigenvalue weighted by Gasteiger charge is -2.27. The van der Waals surface area contributed by atoms with Gasteiger partial charge in [-0.05, 0) is 90.5 Å². The molecule has 198 valence electrons. The number of H-pyrrole nitrogens is 2. The van der Waals surface area contributed by atoms with Gasteiger partial charge in [-0.1, -0.05) is 12.1 Å². The zero-order valence-corrected chi connectivity index (χ0v) is 21.8. The van der Waals surface area contributed by atoms with Crippen LogP contribution in [0.2, 0.25) is 0 Å². The summed E-state index contributed by atoms with van der Waals surface area (Å²) in [6.07, 6.45) is 0. The Kier molecular flexibility index (Phi) is 7.06. The van der Waals surface area contributed by atoms with Crippen molar-refractivity contribution in [2.45, 2.75) is 5.60 Å². The molecule has 0 aliphatic rings. The largest absolute Gasteiger partial charge is 0.497 e. The number of aromatic nitrogens is 2. The maximum absolute atomic E-state index is 13.2. The summed E-state index contributed by atoms with van der Waals surface area (Å²) >= 11 is 0. The van der Waals surface area contributed by atoms with Gasteiger partial charge in [-0.3, -0.25) is 9.59 Å². The Morgan fingerprint density at radius 1 is 0.675 bits per heavy atom. The summed E-state index contributed by atoms with van der Waals surface area (Å²) in [7, 11) is 3.10. The van der Waals surface area contributed by atoms with Gasteiger partial charge in [-0.2, -0.15) is 5.26 Å². The van der Waals surface area contributed by atoms with Gasteiger partial charge < -0.3 is 24.5 Å². The Morgan fingerprint density at radius 2 is 1.10 bits per heavy atom. The van der Waals surface area contributed by atoms with Crippen molar-refractivity contribution in [3.8, 4) is 17.6 Å². The molecule has 2 heterocycles. The fraction of sp³-hybridized carbons (Fsp3) is 0.0938. The van der Waals surface area contributed by atoms with Crippen LogP contribution in [0, 0.1) is 11.3 Å². The second-order valence-corrected chi connectivity index (χ2v) is 9.09. The molecule has 0 spiro atoms. The summed E-state index contributed by atoms with van der Waals surface area (Å²) in [6.45, 7) is 0. The van der Waals surface area contributed by atoms with Gasteiger partial charge in [0.2, 0.25) is 11.6 Å². The summed E-state index contributed by atoms with van der Waals surface area (Å²) in [5, 5.41) is 21.5. The molecule has 8 nitrogen and oxygen atoms in total. The Bertz CT molecular complexity index is 1610. The standard InChI is InChI=1S/C32H25N3O5/c1-39-24-11-5-21(6-12-24)30(36)26-15-17-28(34-26)32(38,23-9-3-20(19-33)4-10-23)29-18-16-27(35-29)31(37)22-7-13-25(40-2)14-8-22/h3-18,34-35,38H,1-2H3. The van der Waals surface area contributed by atoms with E-state index in [1.165, 1.54) is 0 Å². The summed E-state index contributed by atoms with van der Waals surface area (Å²) in [6, 6.07) is 28.4. The molecular weight excluding hydrogens is 506 g/mol. The number of rotatable bonds is 9. The van der Waals surface area contributed by atoms with E-state index < -0.39 is 5.60 Å². The molecule has 0 saturated heterocycles. The number of nitrogens with zero attached hydrogens (tertiary/aromatic N) is 1. The van der Waals surface area contributed by atoms with Gasteiger partial charge in [0.05, 0.1) is 48.6 Å². The van der Waals surface area contributed by atoms with Crippen molar-refractivity contribution in [2.24, 2.45) is 0 Å². The number of nitriles is 1. The van der Waals surface area contributed by atoms with E-state index in [2.05, 4.69) is 16.0 Å². The summed E-state index contributed by atoms with van der Waals surface area (Å²) < 4.78 is 10.3. The van der Waals surface area contributed by atoms with Crippen LogP contribution in [-0.2, 0) is 5.60 Å². The van der Waals surface area contributed by atoms with Crippen LogP contribution in [0.15, 0.2) is 97.1 Å². The molecule has 0 aliphatic carbocycles. The van der Waals surface area contributed by atoms with Crippen molar-refractivity contribution >= 4 is 11.6 Å². The van der Waals surface area contributed by atoms with E-state index in [0.29, 0.717) is 45.1 Å². The van der Waals surface area contributed by atoms with E-state index in [9.17, 15) is 20.0 Å². The second-order valence-electron chi connectivity index (χ2n) is 9.09. The second kappa shape index (κ2) is 10.8. The molecule has 5 rings (SSSR count). The normalized spacial score (nSPS) is 11.1. The Hall–Kier alpha value is -5.39. The molecule has 3 aromatic carbocycles. The van der Waals surface area contributed by atoms with Crippen LogP contribution in [0.5, 0.6) is 11.5 Å². The van der Waals surface area contributed by atoms with E-state index in [4.69, 9.17) is 9.47 Å². The molecule has 5 aromatic rings. The first-order valence-electron chi connectivity index (χ1n) is 12.4. The number of methoxy groups -OCH3 is 2. The topological polar surface area (TPSA) is 128 Å². The van der Waals surface area contributed by atoms with Crippen molar-refractivity contribution in [3.63, 3.8) is 0 Å². The first-order chi connectivity index (χ1) is 19.4. The van der Waals surface area contributed by atoms with Gasteiger partial charge in [0.15, 0.2) is 5.60 Å². The smallest absolute Gasteiger partial charge is 0.209 e. The van der Waals surface area contributed by atoms with Crippen LogP contribution in [-0.4, -0.2) is 40.9 Å². The highest BCUT2D eigenvalue weighted by atomic mass is 16.5. The molecule has 0 unspecified atom stereocenters. The average Bonchev–Trinajstić information content (AvgIpc) is 3.72. The fourth-order valence-corrected chi connectivity index (χ4v) is 4.52. The maximum Gasteiger partial charge on any atom is 0.209 e. The molecular formula is C32H25N3O5. The zero-order chi connectivity index (χ0) is 28.3. The molecule has 40 heavy (non-hydrogen) atoms. The Labute approximate surface area is 230 Å². The van der Waals surface area contributed by atoms with Gasteiger partial charge in [-0.15, -0.1) is 0 Å². The lowest BCUT2D eigenvalue weighted by Crippen LogP contribution is -2.30. The molecule has 0 atom stereocenters. The minimum absolute atomic E-state index is 0.266. The third kappa shape index (κ3) is 4.77. The van der Waals surface area contributed by atoms with Gasteiger partial charge in [0.25, 0.3) is 0 Å². The van der Waals surface area contributed by atoms with E-state index in [0.717, 1.165) is 0 Å². The molecule has 0 amide bonds. The van der Waals surface area contributed by atoms with Crippen molar-refractivity contribution in [1.29, 1.82) is 5.26 Å². The van der Waals surface area contributed by atoms with Crippen LogP contribution >= 0.6 is 0 Å². The minimum Gasteiger partial charge on any atom is -0.497 e. The molecule has 0 radical (unpaired) electrons. The average molecular weight is 532 g/mol. The lowest BCUT2D eigenvalue weighted by molar-refractivity contribution is 0.102. The summed E-state index contributed by atoms with van der Waals surface area (Å²) in [4.78, 5) is 32.5. The number of carbonyl (C=O) groups excluding carboxylic acids is 2. The Balaban J connectivity index is 1.54. The highest BCUT2D eigenvalue weighted by Gasteiger charge is 2.37. The number of aliphatic hydroxyl groups is 1.